The predicted molar refractivity (Wildman–Crippen MR) is 76.3 cm³/mol. The zero-order valence-electron chi connectivity index (χ0n) is 12.2. The number of carbonyl (C=O) groups excluding carboxylic acids is 2. The van der Waals surface area contributed by atoms with Crippen LogP contribution in [0.25, 0.3) is 0 Å². The zero-order chi connectivity index (χ0) is 17.0. The second-order valence-electron chi connectivity index (χ2n) is 5.65. The Morgan fingerprint density at radius 1 is 1.00 bits per heavy atom. The van der Waals surface area contributed by atoms with Crippen LogP contribution in [0, 0.1) is 0 Å². The molecule has 2 aromatic rings. The molecule has 9 nitrogen and oxygen atoms in total. The third-order valence-corrected chi connectivity index (χ3v) is 4.22. The Balaban J connectivity index is 1.76. The fourth-order valence-electron chi connectivity index (χ4n) is 2.95. The summed E-state index contributed by atoms with van der Waals surface area (Å²) in [5.74, 6) is -0.892. The van der Waals surface area contributed by atoms with Crippen LogP contribution in [-0.4, -0.2) is 66.8 Å². The van der Waals surface area contributed by atoms with Gasteiger partial charge < -0.3 is 20.1 Å². The summed E-state index contributed by atoms with van der Waals surface area (Å²) in [6.07, 6.45) is -4.93. The number of ether oxygens (including phenoxy) is 1. The monoisotopic (exact) mass is 331 g/mol. The van der Waals surface area contributed by atoms with Crippen molar-refractivity contribution in [2.24, 2.45) is 0 Å². The summed E-state index contributed by atoms with van der Waals surface area (Å²) in [5.41, 5.74) is 0.222. The van der Waals surface area contributed by atoms with Crippen molar-refractivity contribution in [1.82, 2.24) is 15.0 Å². The molecule has 0 bridgehead atoms. The third kappa shape index (κ3) is 1.96. The van der Waals surface area contributed by atoms with Crippen molar-refractivity contribution in [3.8, 4) is 0 Å². The molecule has 4 atom stereocenters. The van der Waals surface area contributed by atoms with E-state index in [9.17, 15) is 19.8 Å². The van der Waals surface area contributed by atoms with Crippen LogP contribution < -0.4 is 0 Å². The van der Waals surface area contributed by atoms with Crippen LogP contribution in [0.15, 0.2) is 24.3 Å². The molecule has 2 heterocycles. The van der Waals surface area contributed by atoms with Gasteiger partial charge in [0.25, 0.3) is 0 Å². The first-order chi connectivity index (χ1) is 11.5. The Kier molecular flexibility index (Phi) is 3.32. The lowest BCUT2D eigenvalue weighted by atomic mass is 9.90. The molecule has 2 aliphatic rings. The fraction of sp³-hybridized carbons (Fsp3) is 0.333. The number of fused-ring (bicyclic) bond motifs is 2. The minimum absolute atomic E-state index is 0.128. The maximum Gasteiger partial charge on any atom is 0.216 e. The van der Waals surface area contributed by atoms with E-state index < -0.39 is 42.7 Å². The van der Waals surface area contributed by atoms with E-state index >= 15 is 0 Å². The van der Waals surface area contributed by atoms with Crippen LogP contribution in [0.5, 0.6) is 0 Å². The summed E-state index contributed by atoms with van der Waals surface area (Å²) in [6, 6.07) is 6.35. The number of aliphatic hydroxyl groups excluding tert-OH is 3. The van der Waals surface area contributed by atoms with Crippen molar-refractivity contribution in [2.75, 3.05) is 6.61 Å². The van der Waals surface area contributed by atoms with E-state index in [-0.39, 0.29) is 22.5 Å². The number of rotatable bonds is 2. The van der Waals surface area contributed by atoms with Crippen molar-refractivity contribution in [3.05, 3.63) is 46.8 Å². The SMILES string of the molecule is O=C1c2ccccc2C(=O)c2nn([C@@H]3O[C@H](CO)[C@@H](O)[C@H]3O)nc21. The van der Waals surface area contributed by atoms with Gasteiger partial charge in [-0.2, -0.15) is 4.80 Å². The maximum absolute atomic E-state index is 12.5. The van der Waals surface area contributed by atoms with Gasteiger partial charge in [-0.25, -0.2) is 0 Å². The van der Waals surface area contributed by atoms with E-state index in [0.29, 0.717) is 0 Å². The van der Waals surface area contributed by atoms with E-state index in [1.165, 1.54) is 12.1 Å². The van der Waals surface area contributed by atoms with Crippen molar-refractivity contribution in [3.63, 3.8) is 0 Å². The van der Waals surface area contributed by atoms with Gasteiger partial charge in [0, 0.05) is 11.1 Å². The van der Waals surface area contributed by atoms with Gasteiger partial charge in [-0.05, 0) is 0 Å². The normalized spacial score (nSPS) is 28.8. The standard InChI is InChI=1S/C15H13N3O6/c19-5-8-13(22)14(23)15(24-8)18-16-9-10(17-18)12(21)7-4-2-1-3-6(7)11(9)20/h1-4,8,13-15,19,22-23H,5H2/t8-,13-,14-,15-/m1/s1. The highest BCUT2D eigenvalue weighted by atomic mass is 16.6. The summed E-state index contributed by atoms with van der Waals surface area (Å²) in [5, 5.41) is 36.9. The lowest BCUT2D eigenvalue weighted by Gasteiger charge is -2.12. The molecule has 24 heavy (non-hydrogen) atoms. The average Bonchev–Trinajstić information content (AvgIpc) is 3.16. The van der Waals surface area contributed by atoms with E-state index in [4.69, 9.17) is 9.84 Å². The smallest absolute Gasteiger partial charge is 0.216 e. The number of benzene rings is 1. The lowest BCUT2D eigenvalue weighted by molar-refractivity contribution is -0.0656. The van der Waals surface area contributed by atoms with E-state index in [0.717, 1.165) is 4.80 Å². The highest BCUT2D eigenvalue weighted by molar-refractivity contribution is 6.26. The van der Waals surface area contributed by atoms with E-state index in [1.54, 1.807) is 12.1 Å². The molecule has 0 spiro atoms. The Labute approximate surface area is 135 Å². The van der Waals surface area contributed by atoms with Crippen molar-refractivity contribution >= 4 is 11.6 Å². The summed E-state index contributed by atoms with van der Waals surface area (Å²) >= 11 is 0. The average molecular weight is 331 g/mol. The van der Waals surface area contributed by atoms with E-state index in [2.05, 4.69) is 10.2 Å². The number of hydrogen-bond acceptors (Lipinski definition) is 8. The van der Waals surface area contributed by atoms with Crippen molar-refractivity contribution < 1.29 is 29.6 Å². The van der Waals surface area contributed by atoms with E-state index in [1.807, 2.05) is 0 Å². The maximum atomic E-state index is 12.5. The molecule has 3 N–H and O–H groups in total. The minimum atomic E-state index is -1.40. The van der Waals surface area contributed by atoms with Crippen LogP contribution in [-0.2, 0) is 4.74 Å². The second-order valence-corrected chi connectivity index (χ2v) is 5.65. The number of aliphatic hydroxyl groups is 3. The highest BCUT2D eigenvalue weighted by Gasteiger charge is 2.45. The topological polar surface area (TPSA) is 135 Å². The quantitative estimate of drug-likeness (QED) is 0.525. The largest absolute Gasteiger partial charge is 0.394 e. The Hall–Kier alpha value is -2.46. The molecule has 124 valence electrons. The molecule has 1 aromatic carbocycles. The highest BCUT2D eigenvalue weighted by Crippen LogP contribution is 2.30. The van der Waals surface area contributed by atoms with Crippen LogP contribution in [0.3, 0.4) is 0 Å². The minimum Gasteiger partial charge on any atom is -0.394 e. The first kappa shape index (κ1) is 15.1. The molecule has 1 saturated heterocycles. The molecule has 4 rings (SSSR count). The van der Waals surface area contributed by atoms with Gasteiger partial charge in [0.05, 0.1) is 6.61 Å². The fourth-order valence-corrected chi connectivity index (χ4v) is 2.95. The Morgan fingerprint density at radius 3 is 2.00 bits per heavy atom. The number of carbonyl (C=O) groups is 2. The molecule has 1 aliphatic carbocycles. The van der Waals surface area contributed by atoms with Gasteiger partial charge in [0.2, 0.25) is 11.6 Å². The molecular formula is C15H13N3O6. The summed E-state index contributed by atoms with van der Waals surface area (Å²) < 4.78 is 5.31. The van der Waals surface area contributed by atoms with Gasteiger partial charge in [-0.1, -0.05) is 24.3 Å². The van der Waals surface area contributed by atoms with Gasteiger partial charge in [-0.3, -0.25) is 9.59 Å². The molecule has 0 saturated carbocycles. The molecular weight excluding hydrogens is 318 g/mol. The molecule has 1 aromatic heterocycles. The molecule has 1 fully saturated rings. The Bertz CT molecular complexity index is 795. The van der Waals surface area contributed by atoms with Crippen LogP contribution >= 0.6 is 0 Å². The van der Waals surface area contributed by atoms with Gasteiger partial charge in [-0.15, -0.1) is 10.2 Å². The van der Waals surface area contributed by atoms with Gasteiger partial charge >= 0.3 is 0 Å². The number of ketones is 2. The number of hydrogen-bond donors (Lipinski definition) is 3. The van der Waals surface area contributed by atoms with Crippen molar-refractivity contribution in [1.29, 1.82) is 0 Å². The summed E-state index contributed by atoms with van der Waals surface area (Å²) in [7, 11) is 0. The van der Waals surface area contributed by atoms with Gasteiger partial charge in [0.15, 0.2) is 17.6 Å². The molecule has 9 heteroatoms. The number of aromatic nitrogens is 3. The Morgan fingerprint density at radius 2 is 1.54 bits per heavy atom. The van der Waals surface area contributed by atoms with Crippen LogP contribution in [0.4, 0.5) is 0 Å². The zero-order valence-corrected chi connectivity index (χ0v) is 12.2. The predicted octanol–water partition coefficient (Wildman–Crippen LogP) is -1.34. The molecule has 0 amide bonds. The van der Waals surface area contributed by atoms with Crippen LogP contribution in [0.2, 0.25) is 0 Å². The molecule has 0 unspecified atom stereocenters. The second kappa shape index (κ2) is 5.28. The molecule has 0 radical (unpaired) electrons. The summed E-state index contributed by atoms with van der Waals surface area (Å²) in [6.45, 7) is -0.501. The first-order valence-corrected chi connectivity index (χ1v) is 7.30. The van der Waals surface area contributed by atoms with Gasteiger partial charge in [0.1, 0.15) is 18.3 Å². The third-order valence-electron chi connectivity index (χ3n) is 4.22. The molecule has 1 aliphatic heterocycles. The summed E-state index contributed by atoms with van der Waals surface area (Å²) in [4.78, 5) is 25.9. The first-order valence-electron chi connectivity index (χ1n) is 7.30. The van der Waals surface area contributed by atoms with Crippen LogP contribution in [0.1, 0.15) is 38.3 Å². The lowest BCUT2D eigenvalue weighted by Crippen LogP contribution is -2.33. The van der Waals surface area contributed by atoms with Crippen molar-refractivity contribution in [2.45, 2.75) is 24.5 Å². The number of nitrogens with zero attached hydrogens (tertiary/aromatic N) is 3.